The number of amides is 2. The first-order valence-electron chi connectivity index (χ1n) is 6.46. The Morgan fingerprint density at radius 2 is 2.15 bits per heavy atom. The Bertz CT molecular complexity index is 547. The van der Waals surface area contributed by atoms with Crippen molar-refractivity contribution in [2.75, 3.05) is 11.9 Å². The molecule has 1 fully saturated rings. The highest BCUT2D eigenvalue weighted by Gasteiger charge is 2.38. The Labute approximate surface area is 116 Å². The Hall–Kier alpha value is -2.11. The maximum atomic E-state index is 13.7. The lowest BCUT2D eigenvalue weighted by Gasteiger charge is -2.23. The standard InChI is InChI=1S/C14H17FN2O3/c1-8-3-4-12(11(15)7-8)16-14(20)17-6-5-10(9(17)2)13(18)19/h3-4,7,9-10H,5-6H2,1-2H3,(H,16,20)(H,18,19). The molecule has 1 heterocycles. The van der Waals surface area contributed by atoms with Crippen molar-refractivity contribution in [1.82, 2.24) is 4.90 Å². The third-order valence-corrected chi connectivity index (χ3v) is 3.70. The fourth-order valence-corrected chi connectivity index (χ4v) is 2.47. The van der Waals surface area contributed by atoms with Gasteiger partial charge in [0.1, 0.15) is 5.82 Å². The van der Waals surface area contributed by atoms with Gasteiger partial charge in [0.25, 0.3) is 0 Å². The van der Waals surface area contributed by atoms with E-state index in [1.165, 1.54) is 17.0 Å². The maximum Gasteiger partial charge on any atom is 0.322 e. The Morgan fingerprint density at radius 1 is 1.45 bits per heavy atom. The molecule has 0 aliphatic carbocycles. The number of aliphatic carboxylic acids is 1. The summed E-state index contributed by atoms with van der Waals surface area (Å²) in [6.07, 6.45) is 0.417. The minimum atomic E-state index is -0.908. The van der Waals surface area contributed by atoms with E-state index in [9.17, 15) is 14.0 Å². The van der Waals surface area contributed by atoms with Crippen LogP contribution in [0.5, 0.6) is 0 Å². The molecule has 2 unspecified atom stereocenters. The number of halogens is 1. The van der Waals surface area contributed by atoms with Crippen molar-refractivity contribution in [1.29, 1.82) is 0 Å². The van der Waals surface area contributed by atoms with Crippen LogP contribution >= 0.6 is 0 Å². The first-order valence-corrected chi connectivity index (χ1v) is 6.46. The van der Waals surface area contributed by atoms with Crippen LogP contribution in [0.4, 0.5) is 14.9 Å². The van der Waals surface area contributed by atoms with Crippen LogP contribution in [0.15, 0.2) is 18.2 Å². The molecule has 0 spiro atoms. The molecule has 1 aromatic carbocycles. The van der Waals surface area contributed by atoms with Gasteiger partial charge >= 0.3 is 12.0 Å². The molecule has 0 aromatic heterocycles. The number of likely N-dealkylation sites (tertiary alicyclic amines) is 1. The third-order valence-electron chi connectivity index (χ3n) is 3.70. The van der Waals surface area contributed by atoms with Crippen molar-refractivity contribution in [3.63, 3.8) is 0 Å². The van der Waals surface area contributed by atoms with Crippen LogP contribution in [0.1, 0.15) is 18.9 Å². The molecule has 20 heavy (non-hydrogen) atoms. The SMILES string of the molecule is Cc1ccc(NC(=O)N2CCC(C(=O)O)C2C)c(F)c1. The van der Waals surface area contributed by atoms with E-state index in [2.05, 4.69) is 5.32 Å². The number of carbonyl (C=O) groups excluding carboxylic acids is 1. The van der Waals surface area contributed by atoms with Crippen molar-refractivity contribution in [3.8, 4) is 0 Å². The zero-order valence-corrected chi connectivity index (χ0v) is 11.4. The molecule has 2 N–H and O–H groups in total. The zero-order valence-electron chi connectivity index (χ0n) is 11.4. The fraction of sp³-hybridized carbons (Fsp3) is 0.429. The van der Waals surface area contributed by atoms with Crippen LogP contribution in [0, 0.1) is 18.7 Å². The molecule has 0 radical (unpaired) electrons. The summed E-state index contributed by atoms with van der Waals surface area (Å²) in [5.74, 6) is -1.97. The van der Waals surface area contributed by atoms with E-state index in [1.54, 1.807) is 19.9 Å². The second kappa shape index (κ2) is 5.48. The van der Waals surface area contributed by atoms with Crippen molar-refractivity contribution in [2.24, 2.45) is 5.92 Å². The summed E-state index contributed by atoms with van der Waals surface area (Å²) < 4.78 is 13.7. The van der Waals surface area contributed by atoms with Gasteiger partial charge in [0, 0.05) is 12.6 Å². The van der Waals surface area contributed by atoms with E-state index in [-0.39, 0.29) is 5.69 Å². The smallest absolute Gasteiger partial charge is 0.322 e. The van der Waals surface area contributed by atoms with Gasteiger partial charge < -0.3 is 15.3 Å². The third kappa shape index (κ3) is 2.74. The van der Waals surface area contributed by atoms with Crippen LogP contribution in [0.25, 0.3) is 0 Å². The predicted molar refractivity (Wildman–Crippen MR) is 72.1 cm³/mol. The van der Waals surface area contributed by atoms with Gasteiger partial charge in [0.15, 0.2) is 0 Å². The van der Waals surface area contributed by atoms with Crippen molar-refractivity contribution in [2.45, 2.75) is 26.3 Å². The number of aryl methyl sites for hydroxylation is 1. The molecule has 108 valence electrons. The Balaban J connectivity index is 2.07. The molecule has 0 bridgehead atoms. The summed E-state index contributed by atoms with van der Waals surface area (Å²) in [4.78, 5) is 24.5. The summed E-state index contributed by atoms with van der Waals surface area (Å²) >= 11 is 0. The monoisotopic (exact) mass is 280 g/mol. The normalized spacial score (nSPS) is 21.9. The van der Waals surface area contributed by atoms with E-state index < -0.39 is 29.8 Å². The highest BCUT2D eigenvalue weighted by atomic mass is 19.1. The van der Waals surface area contributed by atoms with Crippen LogP contribution in [0.3, 0.4) is 0 Å². The second-order valence-electron chi connectivity index (χ2n) is 5.08. The molecule has 5 nitrogen and oxygen atoms in total. The molecule has 1 aliphatic rings. The van der Waals surface area contributed by atoms with Crippen LogP contribution in [0.2, 0.25) is 0 Å². The lowest BCUT2D eigenvalue weighted by molar-refractivity contribution is -0.142. The highest BCUT2D eigenvalue weighted by Crippen LogP contribution is 2.25. The number of nitrogens with zero attached hydrogens (tertiary/aromatic N) is 1. The van der Waals surface area contributed by atoms with Crippen LogP contribution < -0.4 is 5.32 Å². The molecule has 2 atom stereocenters. The molecular weight excluding hydrogens is 263 g/mol. The molecule has 1 aromatic rings. The van der Waals surface area contributed by atoms with Gasteiger partial charge in [-0.25, -0.2) is 9.18 Å². The minimum Gasteiger partial charge on any atom is -0.481 e. The highest BCUT2D eigenvalue weighted by molar-refractivity contribution is 5.90. The van der Waals surface area contributed by atoms with E-state index in [0.29, 0.717) is 13.0 Å². The molecule has 0 saturated carbocycles. The average Bonchev–Trinajstić information content (AvgIpc) is 2.74. The number of rotatable bonds is 2. The number of hydrogen-bond acceptors (Lipinski definition) is 2. The van der Waals surface area contributed by atoms with Crippen molar-refractivity contribution >= 4 is 17.7 Å². The number of nitrogens with one attached hydrogen (secondary N) is 1. The largest absolute Gasteiger partial charge is 0.481 e. The van der Waals surface area contributed by atoms with E-state index >= 15 is 0 Å². The van der Waals surface area contributed by atoms with Gasteiger partial charge in [-0.3, -0.25) is 4.79 Å². The number of carboxylic acids is 1. The van der Waals surface area contributed by atoms with E-state index in [0.717, 1.165) is 5.56 Å². The summed E-state index contributed by atoms with van der Waals surface area (Å²) in [6, 6.07) is 3.66. The van der Waals surface area contributed by atoms with Gasteiger partial charge in [-0.2, -0.15) is 0 Å². The Morgan fingerprint density at radius 3 is 2.70 bits per heavy atom. The van der Waals surface area contributed by atoms with Crippen LogP contribution in [-0.2, 0) is 4.79 Å². The fourth-order valence-electron chi connectivity index (χ4n) is 2.47. The zero-order chi connectivity index (χ0) is 14.9. The lowest BCUT2D eigenvalue weighted by Crippen LogP contribution is -2.40. The number of urea groups is 1. The molecule has 6 heteroatoms. The maximum absolute atomic E-state index is 13.7. The summed E-state index contributed by atoms with van der Waals surface area (Å²) in [5, 5.41) is 11.5. The number of benzene rings is 1. The quantitative estimate of drug-likeness (QED) is 0.874. The number of anilines is 1. The first-order chi connectivity index (χ1) is 9.40. The molecule has 1 saturated heterocycles. The summed E-state index contributed by atoms with van der Waals surface area (Å²) in [6.45, 7) is 3.81. The van der Waals surface area contributed by atoms with E-state index in [4.69, 9.17) is 5.11 Å². The lowest BCUT2D eigenvalue weighted by atomic mass is 10.0. The van der Waals surface area contributed by atoms with E-state index in [1.807, 2.05) is 0 Å². The molecule has 2 amide bonds. The number of carboxylic acid groups (broad SMARTS) is 1. The summed E-state index contributed by atoms with van der Waals surface area (Å²) in [5.41, 5.74) is 0.868. The van der Waals surface area contributed by atoms with Gasteiger partial charge in [0.2, 0.25) is 0 Å². The molecule has 1 aliphatic heterocycles. The second-order valence-corrected chi connectivity index (χ2v) is 5.08. The Kier molecular flexibility index (Phi) is 3.92. The van der Waals surface area contributed by atoms with Gasteiger partial charge in [0.05, 0.1) is 11.6 Å². The minimum absolute atomic E-state index is 0.103. The first kappa shape index (κ1) is 14.3. The average molecular weight is 280 g/mol. The van der Waals surface area contributed by atoms with Crippen LogP contribution in [-0.4, -0.2) is 34.6 Å². The summed E-state index contributed by atoms with van der Waals surface area (Å²) in [7, 11) is 0. The predicted octanol–water partition coefficient (Wildman–Crippen LogP) is 2.46. The molecule has 2 rings (SSSR count). The topological polar surface area (TPSA) is 69.6 Å². The molecular formula is C14H17FN2O3. The van der Waals surface area contributed by atoms with Gasteiger partial charge in [-0.05, 0) is 38.0 Å². The number of hydrogen-bond donors (Lipinski definition) is 2. The van der Waals surface area contributed by atoms with Crippen molar-refractivity contribution in [3.05, 3.63) is 29.6 Å². The van der Waals surface area contributed by atoms with Gasteiger partial charge in [-0.1, -0.05) is 6.07 Å². The number of carbonyl (C=O) groups is 2. The van der Waals surface area contributed by atoms with Crippen molar-refractivity contribution < 1.29 is 19.1 Å². The van der Waals surface area contributed by atoms with Gasteiger partial charge in [-0.15, -0.1) is 0 Å².